The minimum Gasteiger partial charge on any atom is -0.399 e. The molecular weight excluding hydrogens is 394 g/mol. The van der Waals surface area contributed by atoms with Crippen molar-refractivity contribution in [1.82, 2.24) is 14.9 Å². The molecule has 3 heterocycles. The molecule has 1 fully saturated rings. The van der Waals surface area contributed by atoms with Gasteiger partial charge in [0, 0.05) is 35.9 Å². The van der Waals surface area contributed by atoms with Crippen LogP contribution in [-0.4, -0.2) is 37.7 Å². The van der Waals surface area contributed by atoms with Crippen molar-refractivity contribution in [2.45, 2.75) is 23.1 Å². The molecule has 3 aromatic rings. The van der Waals surface area contributed by atoms with E-state index in [0.717, 1.165) is 42.2 Å². The lowest BCUT2D eigenvalue weighted by atomic mass is 10.1. The Morgan fingerprint density at radius 3 is 2.50 bits per heavy atom. The lowest BCUT2D eigenvalue weighted by Crippen LogP contribution is -2.44. The number of hydrogen-bond donors (Lipinski definition) is 2. The number of piperidine rings is 1. The van der Waals surface area contributed by atoms with Gasteiger partial charge in [-0.25, -0.2) is 13.1 Å². The number of anilines is 2. The second-order valence-electron chi connectivity index (χ2n) is 6.71. The molecule has 0 saturated carbocycles. The number of sulfonamides is 1. The normalized spacial score (nSPS) is 15.6. The van der Waals surface area contributed by atoms with E-state index in [4.69, 9.17) is 5.73 Å². The standard InChI is InChI=1S/C19H21N5O2S2/c20-15-5-3-14(4-6-15)17-7-8-19(27-17)28(25,26)23-16-9-12-24(13-10-16)18-2-1-11-21-22-18/h1-8,11,16,23H,9-10,12-13,20H2. The predicted octanol–water partition coefficient (Wildman–Crippen LogP) is 2.73. The molecule has 3 N–H and O–H groups in total. The fraction of sp³-hybridized carbons (Fsp3) is 0.263. The smallest absolute Gasteiger partial charge is 0.250 e. The quantitative estimate of drug-likeness (QED) is 0.622. The number of nitrogens with zero attached hydrogens (tertiary/aromatic N) is 3. The summed E-state index contributed by atoms with van der Waals surface area (Å²) in [5.74, 6) is 0.829. The van der Waals surface area contributed by atoms with Crippen LogP contribution < -0.4 is 15.4 Å². The minimum absolute atomic E-state index is 0.0833. The van der Waals surface area contributed by atoms with E-state index in [2.05, 4.69) is 19.8 Å². The van der Waals surface area contributed by atoms with E-state index >= 15 is 0 Å². The molecule has 7 nitrogen and oxygen atoms in total. The van der Waals surface area contributed by atoms with Crippen molar-refractivity contribution in [3.63, 3.8) is 0 Å². The van der Waals surface area contributed by atoms with Crippen LogP contribution in [0.4, 0.5) is 11.5 Å². The van der Waals surface area contributed by atoms with Crippen LogP contribution in [0.15, 0.2) is 58.9 Å². The average Bonchev–Trinajstić information content (AvgIpc) is 3.21. The first-order chi connectivity index (χ1) is 13.5. The molecule has 1 aliphatic rings. The zero-order valence-electron chi connectivity index (χ0n) is 15.2. The number of benzene rings is 1. The summed E-state index contributed by atoms with van der Waals surface area (Å²) in [4.78, 5) is 3.03. The van der Waals surface area contributed by atoms with Gasteiger partial charge in [-0.3, -0.25) is 0 Å². The number of nitrogens with two attached hydrogens (primary N) is 1. The van der Waals surface area contributed by atoms with Crippen molar-refractivity contribution in [2.24, 2.45) is 0 Å². The van der Waals surface area contributed by atoms with Gasteiger partial charge >= 0.3 is 0 Å². The highest BCUT2D eigenvalue weighted by molar-refractivity contribution is 7.91. The summed E-state index contributed by atoms with van der Waals surface area (Å²) in [5, 5.41) is 8.02. The van der Waals surface area contributed by atoms with Gasteiger partial charge in [0.2, 0.25) is 10.0 Å². The van der Waals surface area contributed by atoms with Gasteiger partial charge in [0.25, 0.3) is 0 Å². The third-order valence-corrected chi connectivity index (χ3v) is 7.89. The molecule has 9 heteroatoms. The summed E-state index contributed by atoms with van der Waals surface area (Å²) in [6, 6.07) is 14.6. The molecule has 0 radical (unpaired) electrons. The van der Waals surface area contributed by atoms with Crippen molar-refractivity contribution >= 4 is 32.9 Å². The molecule has 1 aromatic carbocycles. The topological polar surface area (TPSA) is 101 Å². The van der Waals surface area contributed by atoms with Crippen LogP contribution in [0, 0.1) is 0 Å². The van der Waals surface area contributed by atoms with E-state index in [-0.39, 0.29) is 6.04 Å². The zero-order chi connectivity index (χ0) is 19.6. The van der Waals surface area contributed by atoms with Crippen LogP contribution in [0.25, 0.3) is 10.4 Å². The molecule has 0 spiro atoms. The summed E-state index contributed by atoms with van der Waals surface area (Å²) in [7, 11) is -3.54. The van der Waals surface area contributed by atoms with E-state index in [9.17, 15) is 8.42 Å². The molecule has 1 saturated heterocycles. The van der Waals surface area contributed by atoms with Crippen molar-refractivity contribution in [3.8, 4) is 10.4 Å². The van der Waals surface area contributed by atoms with Crippen LogP contribution in [0.1, 0.15) is 12.8 Å². The van der Waals surface area contributed by atoms with E-state index in [0.29, 0.717) is 9.90 Å². The van der Waals surface area contributed by atoms with Gasteiger partial charge in [-0.15, -0.1) is 16.4 Å². The summed E-state index contributed by atoms with van der Waals surface area (Å²) >= 11 is 1.26. The SMILES string of the molecule is Nc1ccc(-c2ccc(S(=O)(=O)NC3CCN(c4cccnn4)CC3)s2)cc1. The number of thiophene rings is 1. The fourth-order valence-electron chi connectivity index (χ4n) is 3.23. The highest BCUT2D eigenvalue weighted by Crippen LogP contribution is 2.31. The summed E-state index contributed by atoms with van der Waals surface area (Å²) in [6.07, 6.45) is 3.10. The molecule has 0 aliphatic carbocycles. The molecule has 0 atom stereocenters. The number of rotatable bonds is 5. The Hall–Kier alpha value is -2.49. The number of aromatic nitrogens is 2. The third kappa shape index (κ3) is 4.16. The molecule has 0 amide bonds. The third-order valence-electron chi connectivity index (χ3n) is 4.74. The first kappa shape index (κ1) is 18.9. The van der Waals surface area contributed by atoms with Crippen molar-refractivity contribution in [2.75, 3.05) is 23.7 Å². The number of nitrogens with one attached hydrogen (secondary N) is 1. The Balaban J connectivity index is 1.40. The average molecular weight is 416 g/mol. The van der Waals surface area contributed by atoms with Crippen LogP contribution in [0.5, 0.6) is 0 Å². The maximum atomic E-state index is 12.8. The molecule has 4 rings (SSSR count). The molecule has 1 aliphatic heterocycles. The Kier molecular flexibility index (Phi) is 5.29. The van der Waals surface area contributed by atoms with Crippen LogP contribution in [-0.2, 0) is 10.0 Å². The molecule has 0 unspecified atom stereocenters. The van der Waals surface area contributed by atoms with Crippen LogP contribution in [0.3, 0.4) is 0 Å². The monoisotopic (exact) mass is 415 g/mol. The first-order valence-electron chi connectivity index (χ1n) is 9.02. The highest BCUT2D eigenvalue weighted by atomic mass is 32.2. The Morgan fingerprint density at radius 2 is 1.82 bits per heavy atom. The fourth-order valence-corrected chi connectivity index (χ4v) is 5.87. The molecule has 0 bridgehead atoms. The zero-order valence-corrected chi connectivity index (χ0v) is 16.8. The minimum atomic E-state index is -3.54. The molecule has 2 aromatic heterocycles. The van der Waals surface area contributed by atoms with Gasteiger partial charge in [0.1, 0.15) is 4.21 Å². The van der Waals surface area contributed by atoms with E-state index in [1.807, 2.05) is 42.5 Å². The van der Waals surface area contributed by atoms with Gasteiger partial charge in [-0.05, 0) is 54.8 Å². The maximum Gasteiger partial charge on any atom is 0.250 e. The largest absolute Gasteiger partial charge is 0.399 e. The highest BCUT2D eigenvalue weighted by Gasteiger charge is 2.26. The Labute approximate surface area is 168 Å². The Bertz CT molecular complexity index is 1030. The van der Waals surface area contributed by atoms with E-state index in [1.54, 1.807) is 12.3 Å². The van der Waals surface area contributed by atoms with Crippen LogP contribution in [0.2, 0.25) is 0 Å². The van der Waals surface area contributed by atoms with Gasteiger partial charge in [-0.1, -0.05) is 12.1 Å². The van der Waals surface area contributed by atoms with Gasteiger partial charge < -0.3 is 10.6 Å². The second kappa shape index (κ2) is 7.86. The summed E-state index contributed by atoms with van der Waals surface area (Å²) < 4.78 is 28.8. The number of nitrogen functional groups attached to an aromatic ring is 1. The lowest BCUT2D eigenvalue weighted by Gasteiger charge is -2.32. The van der Waals surface area contributed by atoms with E-state index in [1.165, 1.54) is 11.3 Å². The lowest BCUT2D eigenvalue weighted by molar-refractivity contribution is 0.458. The second-order valence-corrected chi connectivity index (χ2v) is 9.73. The predicted molar refractivity (Wildman–Crippen MR) is 112 cm³/mol. The molecule has 28 heavy (non-hydrogen) atoms. The van der Waals surface area contributed by atoms with Gasteiger partial charge in [0.05, 0.1) is 0 Å². The Morgan fingerprint density at radius 1 is 1.07 bits per heavy atom. The van der Waals surface area contributed by atoms with Gasteiger partial charge in [0.15, 0.2) is 5.82 Å². The molecule has 146 valence electrons. The van der Waals surface area contributed by atoms with Crippen LogP contribution >= 0.6 is 11.3 Å². The first-order valence-corrected chi connectivity index (χ1v) is 11.3. The summed E-state index contributed by atoms with van der Waals surface area (Å²) in [5.41, 5.74) is 7.36. The number of hydrogen-bond acceptors (Lipinski definition) is 7. The maximum absolute atomic E-state index is 12.8. The van der Waals surface area contributed by atoms with Crippen molar-refractivity contribution in [1.29, 1.82) is 0 Å². The van der Waals surface area contributed by atoms with Crippen molar-refractivity contribution in [3.05, 3.63) is 54.7 Å². The van der Waals surface area contributed by atoms with Crippen molar-refractivity contribution < 1.29 is 8.42 Å². The van der Waals surface area contributed by atoms with E-state index < -0.39 is 10.0 Å². The molecular formula is C19H21N5O2S2. The van der Waals surface area contributed by atoms with Gasteiger partial charge in [-0.2, -0.15) is 5.10 Å². The summed E-state index contributed by atoms with van der Waals surface area (Å²) in [6.45, 7) is 1.49.